The Bertz CT molecular complexity index is 1020. The molecule has 1 unspecified atom stereocenters. The van der Waals surface area contributed by atoms with Crippen molar-refractivity contribution in [2.45, 2.75) is 58.7 Å². The highest BCUT2D eigenvalue weighted by molar-refractivity contribution is 7.98. The highest BCUT2D eigenvalue weighted by atomic mass is 32.2. The standard InChI is InChI=1S/C23H28N4OS2/c1-13-7-9-18(10-8-13)22-25-17(5)21(30-22)16(4)24-20(28)12-11-19-14(2)26-23(29-6)27-15(19)3/h7-10,16H,11-12H2,1-6H3,(H,24,28). The van der Waals surface area contributed by atoms with Gasteiger partial charge in [0.25, 0.3) is 0 Å². The Kier molecular flexibility index (Phi) is 7.26. The van der Waals surface area contributed by atoms with Crippen LogP contribution in [-0.4, -0.2) is 27.1 Å². The summed E-state index contributed by atoms with van der Waals surface area (Å²) in [5.74, 6) is 0.0277. The van der Waals surface area contributed by atoms with Crippen molar-refractivity contribution in [1.82, 2.24) is 20.3 Å². The number of benzene rings is 1. The molecule has 0 spiro atoms. The van der Waals surface area contributed by atoms with Crippen LogP contribution < -0.4 is 5.32 Å². The molecule has 1 amide bonds. The van der Waals surface area contributed by atoms with Crippen molar-refractivity contribution in [1.29, 1.82) is 0 Å². The van der Waals surface area contributed by atoms with Crippen LogP contribution in [-0.2, 0) is 11.2 Å². The maximum atomic E-state index is 12.6. The van der Waals surface area contributed by atoms with Crippen LogP contribution in [0.25, 0.3) is 10.6 Å². The van der Waals surface area contributed by atoms with Crippen molar-refractivity contribution < 1.29 is 4.79 Å². The van der Waals surface area contributed by atoms with Gasteiger partial charge >= 0.3 is 0 Å². The molecule has 158 valence electrons. The average molecular weight is 441 g/mol. The Morgan fingerprint density at radius 3 is 2.27 bits per heavy atom. The van der Waals surface area contributed by atoms with Crippen LogP contribution in [0.4, 0.5) is 0 Å². The van der Waals surface area contributed by atoms with Crippen molar-refractivity contribution in [3.63, 3.8) is 0 Å². The molecule has 3 rings (SSSR count). The van der Waals surface area contributed by atoms with Crippen molar-refractivity contribution in [3.05, 3.63) is 57.4 Å². The molecule has 0 saturated heterocycles. The number of nitrogens with zero attached hydrogens (tertiary/aromatic N) is 3. The van der Waals surface area contributed by atoms with Gasteiger partial charge in [-0.05, 0) is 52.9 Å². The number of carbonyl (C=O) groups is 1. The van der Waals surface area contributed by atoms with E-state index < -0.39 is 0 Å². The molecule has 0 aliphatic rings. The van der Waals surface area contributed by atoms with Gasteiger partial charge in [-0.3, -0.25) is 4.79 Å². The molecule has 30 heavy (non-hydrogen) atoms. The lowest BCUT2D eigenvalue weighted by Crippen LogP contribution is -2.27. The topological polar surface area (TPSA) is 67.8 Å². The van der Waals surface area contributed by atoms with E-state index in [0.717, 1.165) is 43.2 Å². The molecular weight excluding hydrogens is 412 g/mol. The number of hydrogen-bond donors (Lipinski definition) is 1. The van der Waals surface area contributed by atoms with E-state index in [9.17, 15) is 4.79 Å². The summed E-state index contributed by atoms with van der Waals surface area (Å²) in [6, 6.07) is 8.30. The molecule has 0 aliphatic heterocycles. The van der Waals surface area contributed by atoms with E-state index in [1.54, 1.807) is 11.3 Å². The molecular formula is C23H28N4OS2. The molecule has 2 aromatic heterocycles. The smallest absolute Gasteiger partial charge is 0.220 e. The number of aromatic nitrogens is 3. The first kappa shape index (κ1) is 22.4. The van der Waals surface area contributed by atoms with Crippen molar-refractivity contribution >= 4 is 29.0 Å². The monoisotopic (exact) mass is 440 g/mol. The lowest BCUT2D eigenvalue weighted by Gasteiger charge is -2.14. The first-order chi connectivity index (χ1) is 14.3. The van der Waals surface area contributed by atoms with Gasteiger partial charge in [0.05, 0.1) is 16.6 Å². The minimum absolute atomic E-state index is 0.0277. The lowest BCUT2D eigenvalue weighted by atomic mass is 10.1. The summed E-state index contributed by atoms with van der Waals surface area (Å²) in [5, 5.41) is 4.89. The molecule has 1 aromatic carbocycles. The summed E-state index contributed by atoms with van der Waals surface area (Å²) in [6.45, 7) is 10.1. The molecule has 0 radical (unpaired) electrons. The summed E-state index contributed by atoms with van der Waals surface area (Å²) in [4.78, 5) is 27.4. The van der Waals surface area contributed by atoms with E-state index in [4.69, 9.17) is 4.98 Å². The largest absolute Gasteiger partial charge is 0.349 e. The van der Waals surface area contributed by atoms with Gasteiger partial charge in [-0.1, -0.05) is 41.6 Å². The molecule has 0 aliphatic carbocycles. The van der Waals surface area contributed by atoms with Crippen LogP contribution in [0.1, 0.15) is 52.5 Å². The van der Waals surface area contributed by atoms with E-state index in [1.807, 2.05) is 34.0 Å². The van der Waals surface area contributed by atoms with E-state index in [2.05, 4.69) is 46.5 Å². The number of amides is 1. The summed E-state index contributed by atoms with van der Waals surface area (Å²) in [7, 11) is 0. The third-order valence-electron chi connectivity index (χ3n) is 5.09. The molecule has 0 bridgehead atoms. The second kappa shape index (κ2) is 9.71. The third kappa shape index (κ3) is 5.26. The van der Waals surface area contributed by atoms with Crippen LogP contribution in [0.15, 0.2) is 29.4 Å². The number of rotatable bonds is 7. The predicted molar refractivity (Wildman–Crippen MR) is 125 cm³/mol. The molecule has 5 nitrogen and oxygen atoms in total. The summed E-state index contributed by atoms with van der Waals surface area (Å²) >= 11 is 3.18. The van der Waals surface area contributed by atoms with E-state index in [-0.39, 0.29) is 11.9 Å². The van der Waals surface area contributed by atoms with Crippen LogP contribution in [0.5, 0.6) is 0 Å². The number of nitrogens with one attached hydrogen (secondary N) is 1. The number of carbonyl (C=O) groups excluding carboxylic acids is 1. The minimum atomic E-state index is -0.0773. The lowest BCUT2D eigenvalue weighted by molar-refractivity contribution is -0.121. The summed E-state index contributed by atoms with van der Waals surface area (Å²) < 4.78 is 0. The molecule has 2 heterocycles. The highest BCUT2D eigenvalue weighted by Gasteiger charge is 2.18. The number of hydrogen-bond acceptors (Lipinski definition) is 6. The molecule has 3 aromatic rings. The molecule has 1 atom stereocenters. The highest BCUT2D eigenvalue weighted by Crippen LogP contribution is 2.32. The van der Waals surface area contributed by atoms with Crippen LogP contribution >= 0.6 is 23.1 Å². The average Bonchev–Trinajstić information content (AvgIpc) is 3.09. The van der Waals surface area contributed by atoms with Gasteiger partial charge < -0.3 is 5.32 Å². The van der Waals surface area contributed by atoms with Gasteiger partial charge in [0.1, 0.15) is 5.01 Å². The van der Waals surface area contributed by atoms with Gasteiger partial charge in [-0.15, -0.1) is 11.3 Å². The second-order valence-corrected chi connectivity index (χ2v) is 9.29. The van der Waals surface area contributed by atoms with Gasteiger partial charge in [0, 0.05) is 23.4 Å². The van der Waals surface area contributed by atoms with E-state index in [0.29, 0.717) is 12.8 Å². The number of thioether (sulfide) groups is 1. The maximum Gasteiger partial charge on any atom is 0.220 e. The zero-order chi connectivity index (χ0) is 21.8. The first-order valence-corrected chi connectivity index (χ1v) is 12.0. The maximum absolute atomic E-state index is 12.6. The summed E-state index contributed by atoms with van der Waals surface area (Å²) in [5.41, 5.74) is 6.27. The number of thiazole rings is 1. The van der Waals surface area contributed by atoms with Crippen LogP contribution in [0.2, 0.25) is 0 Å². The Labute approximate surface area is 186 Å². The Hall–Kier alpha value is -2.25. The predicted octanol–water partition coefficient (Wildman–Crippen LogP) is 5.37. The van der Waals surface area contributed by atoms with Gasteiger partial charge in [0.15, 0.2) is 5.16 Å². The number of aryl methyl sites for hydroxylation is 4. The van der Waals surface area contributed by atoms with E-state index in [1.165, 1.54) is 17.3 Å². The Balaban J connectivity index is 1.64. The molecule has 7 heteroatoms. The minimum Gasteiger partial charge on any atom is -0.349 e. The SMILES string of the molecule is CSc1nc(C)c(CCC(=O)NC(C)c2sc(-c3ccc(C)cc3)nc2C)c(C)n1. The normalized spacial score (nSPS) is 12.1. The first-order valence-electron chi connectivity index (χ1n) is 10.00. The van der Waals surface area contributed by atoms with Crippen molar-refractivity contribution in [2.24, 2.45) is 0 Å². The zero-order valence-corrected chi connectivity index (χ0v) is 20.0. The van der Waals surface area contributed by atoms with Crippen molar-refractivity contribution in [2.75, 3.05) is 6.26 Å². The van der Waals surface area contributed by atoms with Crippen LogP contribution in [0.3, 0.4) is 0 Å². The zero-order valence-electron chi connectivity index (χ0n) is 18.4. The fourth-order valence-electron chi connectivity index (χ4n) is 3.41. The fraction of sp³-hybridized carbons (Fsp3) is 0.391. The van der Waals surface area contributed by atoms with Gasteiger partial charge in [0.2, 0.25) is 5.91 Å². The van der Waals surface area contributed by atoms with Crippen molar-refractivity contribution in [3.8, 4) is 10.6 Å². The quantitative estimate of drug-likeness (QED) is 0.395. The molecule has 1 N–H and O–H groups in total. The van der Waals surface area contributed by atoms with Gasteiger partial charge in [-0.25, -0.2) is 15.0 Å². The van der Waals surface area contributed by atoms with Gasteiger partial charge in [-0.2, -0.15) is 0 Å². The second-order valence-electron chi connectivity index (χ2n) is 7.48. The third-order valence-corrected chi connectivity index (χ3v) is 7.02. The van der Waals surface area contributed by atoms with E-state index >= 15 is 0 Å². The Morgan fingerprint density at radius 1 is 1.03 bits per heavy atom. The Morgan fingerprint density at radius 2 is 1.67 bits per heavy atom. The van der Waals surface area contributed by atoms with Crippen LogP contribution in [0, 0.1) is 27.7 Å². The summed E-state index contributed by atoms with van der Waals surface area (Å²) in [6.07, 6.45) is 3.02. The molecule has 0 saturated carbocycles. The fourth-order valence-corrected chi connectivity index (χ4v) is 4.94. The molecule has 0 fully saturated rings.